The van der Waals surface area contributed by atoms with E-state index in [1.54, 1.807) is 6.08 Å². The van der Waals surface area contributed by atoms with Gasteiger partial charge in [0.2, 0.25) is 0 Å². The Morgan fingerprint density at radius 2 is 1.88 bits per heavy atom. The van der Waals surface area contributed by atoms with Crippen molar-refractivity contribution >= 4 is 11.8 Å². The zero-order valence-corrected chi connectivity index (χ0v) is 16.0. The van der Waals surface area contributed by atoms with Gasteiger partial charge in [-0.05, 0) is 44.1 Å². The number of ether oxygens (including phenoxy) is 1. The van der Waals surface area contributed by atoms with Gasteiger partial charge in [-0.15, -0.1) is 0 Å². The standard InChI is InChI=1S/C21H36O4/c1-3-4-7-10-18(22)15-13-17-14-16-20(23)19(17)11-8-5-6-9-12-21(24)25-2/h14,16-19,22H,3-13,15H2,1-2H3/t17-,18?,19+/m0/s1. The lowest BCUT2D eigenvalue weighted by molar-refractivity contribution is -0.140. The molecular formula is C21H36O4. The molecule has 0 aromatic rings. The minimum Gasteiger partial charge on any atom is -0.469 e. The van der Waals surface area contributed by atoms with Crippen molar-refractivity contribution in [3.63, 3.8) is 0 Å². The van der Waals surface area contributed by atoms with Gasteiger partial charge in [0.15, 0.2) is 5.78 Å². The lowest BCUT2D eigenvalue weighted by atomic mass is 9.85. The summed E-state index contributed by atoms with van der Waals surface area (Å²) in [6.45, 7) is 2.17. The summed E-state index contributed by atoms with van der Waals surface area (Å²) < 4.78 is 4.63. The molecule has 0 radical (unpaired) electrons. The first-order chi connectivity index (χ1) is 12.1. The fourth-order valence-electron chi connectivity index (χ4n) is 3.59. The van der Waals surface area contributed by atoms with Crippen LogP contribution in [-0.4, -0.2) is 30.1 Å². The van der Waals surface area contributed by atoms with Gasteiger partial charge in [-0.1, -0.05) is 51.5 Å². The third-order valence-electron chi connectivity index (χ3n) is 5.24. The van der Waals surface area contributed by atoms with E-state index in [1.807, 2.05) is 6.08 Å². The van der Waals surface area contributed by atoms with Crippen LogP contribution in [0.4, 0.5) is 0 Å². The number of rotatable bonds is 14. The van der Waals surface area contributed by atoms with Crippen molar-refractivity contribution in [1.82, 2.24) is 0 Å². The number of carbonyl (C=O) groups is 2. The Morgan fingerprint density at radius 1 is 1.12 bits per heavy atom. The van der Waals surface area contributed by atoms with E-state index >= 15 is 0 Å². The van der Waals surface area contributed by atoms with Gasteiger partial charge in [0, 0.05) is 12.3 Å². The average Bonchev–Trinajstić information content (AvgIpc) is 2.96. The second-order valence-corrected chi connectivity index (χ2v) is 7.29. The summed E-state index contributed by atoms with van der Waals surface area (Å²) in [7, 11) is 1.42. The normalized spacial score (nSPS) is 20.8. The molecule has 0 aliphatic heterocycles. The first-order valence-electron chi connectivity index (χ1n) is 10.0. The summed E-state index contributed by atoms with van der Waals surface area (Å²) in [6.07, 6.45) is 14.9. The molecule has 1 N–H and O–H groups in total. The molecule has 0 bridgehead atoms. The van der Waals surface area contributed by atoms with Crippen LogP contribution < -0.4 is 0 Å². The van der Waals surface area contributed by atoms with E-state index in [1.165, 1.54) is 20.0 Å². The number of hydrogen-bond donors (Lipinski definition) is 1. The Morgan fingerprint density at radius 3 is 2.60 bits per heavy atom. The van der Waals surface area contributed by atoms with E-state index < -0.39 is 0 Å². The van der Waals surface area contributed by atoms with E-state index in [4.69, 9.17) is 0 Å². The van der Waals surface area contributed by atoms with Crippen LogP contribution >= 0.6 is 0 Å². The summed E-state index contributed by atoms with van der Waals surface area (Å²) in [6, 6.07) is 0. The van der Waals surface area contributed by atoms with Crippen molar-refractivity contribution in [1.29, 1.82) is 0 Å². The number of esters is 1. The van der Waals surface area contributed by atoms with Crippen molar-refractivity contribution in [2.45, 2.75) is 90.1 Å². The predicted octanol–water partition coefficient (Wildman–Crippen LogP) is 4.59. The van der Waals surface area contributed by atoms with Crippen molar-refractivity contribution in [2.24, 2.45) is 11.8 Å². The van der Waals surface area contributed by atoms with E-state index in [-0.39, 0.29) is 23.8 Å². The molecule has 1 rings (SSSR count). The second kappa shape index (κ2) is 13.1. The number of unbranched alkanes of at least 4 members (excludes halogenated alkanes) is 5. The van der Waals surface area contributed by atoms with Crippen molar-refractivity contribution < 1.29 is 19.4 Å². The number of ketones is 1. The number of aliphatic hydroxyl groups is 1. The number of hydrogen-bond acceptors (Lipinski definition) is 4. The molecule has 4 heteroatoms. The second-order valence-electron chi connectivity index (χ2n) is 7.29. The Kier molecular flexibility index (Phi) is 11.5. The number of carbonyl (C=O) groups excluding carboxylic acids is 2. The van der Waals surface area contributed by atoms with Gasteiger partial charge in [0.25, 0.3) is 0 Å². The lowest BCUT2D eigenvalue weighted by Crippen LogP contribution is -2.18. The van der Waals surface area contributed by atoms with Crippen LogP contribution in [0, 0.1) is 11.8 Å². The lowest BCUT2D eigenvalue weighted by Gasteiger charge is -2.19. The van der Waals surface area contributed by atoms with Crippen LogP contribution in [0.2, 0.25) is 0 Å². The van der Waals surface area contributed by atoms with Crippen molar-refractivity contribution in [3.8, 4) is 0 Å². The minimum absolute atomic E-state index is 0.100. The van der Waals surface area contributed by atoms with E-state index in [2.05, 4.69) is 11.7 Å². The highest BCUT2D eigenvalue weighted by molar-refractivity contribution is 5.94. The first kappa shape index (κ1) is 21.9. The Hall–Kier alpha value is -1.16. The van der Waals surface area contributed by atoms with E-state index in [0.717, 1.165) is 57.8 Å². The molecule has 0 heterocycles. The SMILES string of the molecule is CCCCCC(O)CC[C@H]1C=CC(=O)[C@@H]1CCCCCCC(=O)OC. The van der Waals surface area contributed by atoms with Crippen LogP contribution in [0.3, 0.4) is 0 Å². The van der Waals surface area contributed by atoms with Gasteiger partial charge in [-0.2, -0.15) is 0 Å². The van der Waals surface area contributed by atoms with Crippen LogP contribution in [0.1, 0.15) is 84.0 Å². The zero-order chi connectivity index (χ0) is 18.5. The maximum atomic E-state index is 12.1. The molecule has 1 unspecified atom stereocenters. The van der Waals surface area contributed by atoms with Gasteiger partial charge in [0.1, 0.15) is 0 Å². The predicted molar refractivity (Wildman–Crippen MR) is 100 cm³/mol. The number of methoxy groups -OCH3 is 1. The van der Waals surface area contributed by atoms with Gasteiger partial charge in [-0.3, -0.25) is 9.59 Å². The molecule has 3 atom stereocenters. The third kappa shape index (κ3) is 9.20. The molecule has 25 heavy (non-hydrogen) atoms. The van der Waals surface area contributed by atoms with E-state index in [9.17, 15) is 14.7 Å². The fourth-order valence-corrected chi connectivity index (χ4v) is 3.59. The maximum absolute atomic E-state index is 12.1. The monoisotopic (exact) mass is 352 g/mol. The highest BCUT2D eigenvalue weighted by Crippen LogP contribution is 2.31. The summed E-state index contributed by atoms with van der Waals surface area (Å²) in [5.41, 5.74) is 0. The summed E-state index contributed by atoms with van der Waals surface area (Å²) >= 11 is 0. The first-order valence-corrected chi connectivity index (χ1v) is 10.0. The Balaban J connectivity index is 2.19. The molecule has 1 aliphatic rings. The fraction of sp³-hybridized carbons (Fsp3) is 0.810. The average molecular weight is 353 g/mol. The highest BCUT2D eigenvalue weighted by atomic mass is 16.5. The van der Waals surface area contributed by atoms with Crippen molar-refractivity contribution in [2.75, 3.05) is 7.11 Å². The minimum atomic E-state index is -0.227. The Bertz CT molecular complexity index is 416. The molecular weight excluding hydrogens is 316 g/mol. The summed E-state index contributed by atoms with van der Waals surface area (Å²) in [4.78, 5) is 23.1. The number of allylic oxidation sites excluding steroid dienone is 2. The van der Waals surface area contributed by atoms with Crippen molar-refractivity contribution in [3.05, 3.63) is 12.2 Å². The molecule has 0 fully saturated rings. The number of aliphatic hydroxyl groups excluding tert-OH is 1. The van der Waals surface area contributed by atoms with Crippen LogP contribution in [-0.2, 0) is 14.3 Å². The quantitative estimate of drug-likeness (QED) is 0.367. The molecule has 0 saturated heterocycles. The van der Waals surface area contributed by atoms with Crippen LogP contribution in [0.25, 0.3) is 0 Å². The maximum Gasteiger partial charge on any atom is 0.305 e. The van der Waals surface area contributed by atoms with Gasteiger partial charge in [0.05, 0.1) is 13.2 Å². The van der Waals surface area contributed by atoms with Gasteiger partial charge < -0.3 is 9.84 Å². The van der Waals surface area contributed by atoms with Crippen LogP contribution in [0.5, 0.6) is 0 Å². The largest absolute Gasteiger partial charge is 0.469 e. The molecule has 0 aromatic carbocycles. The molecule has 0 saturated carbocycles. The molecule has 0 amide bonds. The third-order valence-corrected chi connectivity index (χ3v) is 5.24. The molecule has 0 spiro atoms. The van der Waals surface area contributed by atoms with E-state index in [0.29, 0.717) is 12.3 Å². The molecule has 4 nitrogen and oxygen atoms in total. The zero-order valence-electron chi connectivity index (χ0n) is 16.0. The summed E-state index contributed by atoms with van der Waals surface area (Å²) in [5, 5.41) is 10.1. The smallest absolute Gasteiger partial charge is 0.305 e. The molecule has 1 aliphatic carbocycles. The summed E-state index contributed by atoms with van der Waals surface area (Å²) in [5.74, 6) is 0.500. The Labute approximate surface area is 153 Å². The molecule has 0 aromatic heterocycles. The van der Waals surface area contributed by atoms with Gasteiger partial charge >= 0.3 is 5.97 Å². The van der Waals surface area contributed by atoms with Crippen LogP contribution in [0.15, 0.2) is 12.2 Å². The molecule has 144 valence electrons. The van der Waals surface area contributed by atoms with Gasteiger partial charge in [-0.25, -0.2) is 0 Å². The topological polar surface area (TPSA) is 63.6 Å². The highest BCUT2D eigenvalue weighted by Gasteiger charge is 2.29.